The third kappa shape index (κ3) is 8.05. The lowest BCUT2D eigenvalue weighted by Gasteiger charge is -2.27. The van der Waals surface area contributed by atoms with Gasteiger partial charge >= 0.3 is 0 Å². The van der Waals surface area contributed by atoms with Gasteiger partial charge in [0.2, 0.25) is 11.9 Å². The number of halogens is 3. The van der Waals surface area contributed by atoms with Gasteiger partial charge in [0.05, 0.1) is 25.3 Å². The lowest BCUT2D eigenvalue weighted by Crippen LogP contribution is -2.40. The van der Waals surface area contributed by atoms with E-state index in [1.54, 1.807) is 58.1 Å². The molecule has 1 fully saturated rings. The van der Waals surface area contributed by atoms with Crippen LogP contribution >= 0.6 is 0 Å². The maximum absolute atomic E-state index is 13.7. The number of anilines is 3. The number of nitrogens with zero attached hydrogens (tertiary/aromatic N) is 4. The Labute approximate surface area is 268 Å². The van der Waals surface area contributed by atoms with Crippen molar-refractivity contribution in [3.8, 4) is 16.9 Å². The molecule has 2 amide bonds. The van der Waals surface area contributed by atoms with E-state index < -0.39 is 12.5 Å². The molecule has 1 saturated heterocycles. The molecule has 0 radical (unpaired) electrons. The Morgan fingerprint density at radius 1 is 0.957 bits per heavy atom. The average molecular weight is 645 g/mol. The van der Waals surface area contributed by atoms with Gasteiger partial charge in [0.1, 0.15) is 11.6 Å². The van der Waals surface area contributed by atoms with Crippen molar-refractivity contribution in [3.05, 3.63) is 102 Å². The molecule has 13 heteroatoms. The predicted molar refractivity (Wildman–Crippen MR) is 170 cm³/mol. The number of aromatic nitrogens is 3. The molecule has 10 nitrogen and oxygen atoms in total. The summed E-state index contributed by atoms with van der Waals surface area (Å²) in [7, 11) is 0. The number of nitrogens with one attached hydrogen (secondary N) is 2. The van der Waals surface area contributed by atoms with Crippen molar-refractivity contribution in [3.63, 3.8) is 0 Å². The summed E-state index contributed by atoms with van der Waals surface area (Å²) < 4.78 is 52.9. The van der Waals surface area contributed by atoms with E-state index in [1.807, 2.05) is 18.2 Å². The van der Waals surface area contributed by atoms with Gasteiger partial charge in [0.15, 0.2) is 12.3 Å². The Morgan fingerprint density at radius 3 is 2.40 bits per heavy atom. The fraction of sp³-hybridized carbons (Fsp3) is 0.235. The number of ether oxygens (including phenoxy) is 2. The molecule has 0 saturated carbocycles. The molecule has 47 heavy (non-hydrogen) atoms. The van der Waals surface area contributed by atoms with E-state index >= 15 is 0 Å². The zero-order valence-electron chi connectivity index (χ0n) is 25.4. The predicted octanol–water partition coefficient (Wildman–Crippen LogP) is 5.97. The molecular formula is C34H31F3N6O4. The van der Waals surface area contributed by atoms with Gasteiger partial charge in [0.25, 0.3) is 11.8 Å². The third-order valence-corrected chi connectivity index (χ3v) is 7.37. The first kappa shape index (κ1) is 31.5. The number of carbonyl (C=O) groups excluding carboxylic acids is 2. The number of hydrogen-bond acceptors (Lipinski definition) is 7. The zero-order chi connectivity index (χ0) is 33.0. The van der Waals surface area contributed by atoms with Crippen LogP contribution in [0.4, 0.5) is 30.5 Å². The Hall–Kier alpha value is -5.43. The number of fused-ring (bicyclic) bond motifs is 1. The highest BCUT2D eigenvalue weighted by molar-refractivity contribution is 5.95. The first-order chi connectivity index (χ1) is 22.6. The minimum atomic E-state index is -3.09. The van der Waals surface area contributed by atoms with Crippen molar-refractivity contribution in [1.29, 1.82) is 0 Å². The van der Waals surface area contributed by atoms with E-state index in [1.165, 1.54) is 18.2 Å². The molecule has 0 bridgehead atoms. The molecule has 1 aliphatic rings. The van der Waals surface area contributed by atoms with E-state index in [4.69, 9.17) is 9.47 Å². The molecule has 3 heterocycles. The first-order valence-electron chi connectivity index (χ1n) is 14.9. The summed E-state index contributed by atoms with van der Waals surface area (Å²) in [5.41, 5.74) is 4.17. The zero-order valence-corrected chi connectivity index (χ0v) is 25.4. The summed E-state index contributed by atoms with van der Waals surface area (Å²) in [6, 6.07) is 21.3. The van der Waals surface area contributed by atoms with E-state index in [0.717, 1.165) is 18.1 Å². The highest BCUT2D eigenvalue weighted by atomic mass is 19.3. The quantitative estimate of drug-likeness (QED) is 0.193. The second-order valence-corrected chi connectivity index (χ2v) is 11.2. The standard InChI is InChI=1S/C34H31F3N6O4/c1-34(36,37)21-47-29-19-24(32(45)42-14-16-46-17-15-42)6-12-28(29)39-33-40-30-13-7-25(20-43(30)41-33)23-4-10-27(11-5-23)38-31(44)18-22-2-8-26(35)9-3-22/h2-13,19-20H,14-18,21H2,1H3,(H,38,44)(H,39,41). The van der Waals surface area contributed by atoms with Gasteiger partial charge in [-0.2, -0.15) is 4.98 Å². The minimum absolute atomic E-state index is 0.0648. The number of alkyl halides is 2. The Kier molecular flexibility index (Phi) is 9.07. The van der Waals surface area contributed by atoms with Crippen LogP contribution in [0, 0.1) is 5.82 Å². The molecule has 0 aliphatic carbocycles. The summed E-state index contributed by atoms with van der Waals surface area (Å²) in [4.78, 5) is 31.6. The minimum Gasteiger partial charge on any atom is -0.485 e. The fourth-order valence-electron chi connectivity index (χ4n) is 5.00. The third-order valence-electron chi connectivity index (χ3n) is 7.37. The number of hydrogen-bond donors (Lipinski definition) is 2. The normalized spacial score (nSPS) is 13.4. The summed E-state index contributed by atoms with van der Waals surface area (Å²) in [6.07, 6.45) is 1.91. The lowest BCUT2D eigenvalue weighted by atomic mass is 10.1. The summed E-state index contributed by atoms with van der Waals surface area (Å²) in [6.45, 7) is 1.62. The maximum atomic E-state index is 13.7. The van der Waals surface area contributed by atoms with Gasteiger partial charge in [-0.1, -0.05) is 24.3 Å². The molecule has 2 aromatic heterocycles. The van der Waals surface area contributed by atoms with Crippen molar-refractivity contribution in [2.75, 3.05) is 43.5 Å². The van der Waals surface area contributed by atoms with Crippen LogP contribution in [0.15, 0.2) is 85.1 Å². The summed E-state index contributed by atoms with van der Waals surface area (Å²) in [5.74, 6) is -3.65. The van der Waals surface area contributed by atoms with Crippen LogP contribution in [0.3, 0.4) is 0 Å². The second-order valence-electron chi connectivity index (χ2n) is 11.2. The van der Waals surface area contributed by atoms with Crippen LogP contribution in [-0.2, 0) is 16.0 Å². The SMILES string of the molecule is CC(F)(F)COc1cc(C(=O)N2CCOCC2)ccc1Nc1nc2ccc(-c3ccc(NC(=O)Cc4ccc(F)cc4)cc3)cn2n1. The maximum Gasteiger partial charge on any atom is 0.278 e. The molecule has 0 unspecified atom stereocenters. The van der Waals surface area contributed by atoms with Crippen molar-refractivity contribution >= 4 is 34.8 Å². The highest BCUT2D eigenvalue weighted by Crippen LogP contribution is 2.31. The Balaban J connectivity index is 1.16. The monoisotopic (exact) mass is 644 g/mol. The summed E-state index contributed by atoms with van der Waals surface area (Å²) in [5, 5.41) is 10.4. The fourth-order valence-corrected chi connectivity index (χ4v) is 5.00. The Bertz CT molecular complexity index is 1890. The molecule has 0 spiro atoms. The number of benzene rings is 3. The van der Waals surface area contributed by atoms with Crippen LogP contribution in [0.1, 0.15) is 22.8 Å². The van der Waals surface area contributed by atoms with Crippen LogP contribution in [0.2, 0.25) is 0 Å². The number of carbonyl (C=O) groups is 2. The molecule has 2 N–H and O–H groups in total. The van der Waals surface area contributed by atoms with Gasteiger partial charge < -0.3 is 25.0 Å². The topological polar surface area (TPSA) is 110 Å². The van der Waals surface area contributed by atoms with Crippen LogP contribution in [0.5, 0.6) is 5.75 Å². The number of amides is 2. The van der Waals surface area contributed by atoms with Gasteiger partial charge in [-0.15, -0.1) is 5.10 Å². The number of morpholine rings is 1. The van der Waals surface area contributed by atoms with E-state index in [0.29, 0.717) is 54.5 Å². The largest absolute Gasteiger partial charge is 0.485 e. The van der Waals surface area contributed by atoms with Crippen molar-refractivity contribution in [2.24, 2.45) is 0 Å². The van der Waals surface area contributed by atoms with Gasteiger partial charge in [-0.25, -0.2) is 17.7 Å². The van der Waals surface area contributed by atoms with E-state index in [2.05, 4.69) is 20.7 Å². The molecule has 6 rings (SSSR count). The summed E-state index contributed by atoms with van der Waals surface area (Å²) >= 11 is 0. The number of pyridine rings is 1. The highest BCUT2D eigenvalue weighted by Gasteiger charge is 2.25. The van der Waals surface area contributed by atoms with Crippen molar-refractivity contribution in [1.82, 2.24) is 19.5 Å². The molecule has 242 valence electrons. The smallest absolute Gasteiger partial charge is 0.278 e. The molecule has 3 aromatic carbocycles. The first-order valence-corrected chi connectivity index (χ1v) is 14.9. The molecule has 5 aromatic rings. The van der Waals surface area contributed by atoms with E-state index in [9.17, 15) is 22.8 Å². The van der Waals surface area contributed by atoms with Gasteiger partial charge in [0, 0.05) is 43.0 Å². The molecule has 0 atom stereocenters. The Morgan fingerprint density at radius 2 is 1.68 bits per heavy atom. The van der Waals surface area contributed by atoms with Crippen molar-refractivity contribution in [2.45, 2.75) is 19.3 Å². The van der Waals surface area contributed by atoms with Crippen LogP contribution in [-0.4, -0.2) is 70.1 Å². The molecule has 1 aliphatic heterocycles. The second kappa shape index (κ2) is 13.5. The lowest BCUT2D eigenvalue weighted by molar-refractivity contribution is -0.115. The number of rotatable bonds is 10. The van der Waals surface area contributed by atoms with Crippen LogP contribution in [0.25, 0.3) is 16.8 Å². The molecular weight excluding hydrogens is 613 g/mol. The average Bonchev–Trinajstić information content (AvgIpc) is 3.47. The van der Waals surface area contributed by atoms with Crippen LogP contribution < -0.4 is 15.4 Å². The van der Waals surface area contributed by atoms with E-state index in [-0.39, 0.29) is 35.8 Å². The van der Waals surface area contributed by atoms with Gasteiger partial charge in [-0.3, -0.25) is 9.59 Å². The van der Waals surface area contributed by atoms with Gasteiger partial charge in [-0.05, 0) is 65.7 Å². The van der Waals surface area contributed by atoms with Crippen molar-refractivity contribution < 1.29 is 32.2 Å².